The lowest BCUT2D eigenvalue weighted by Gasteiger charge is -2.19. The zero-order valence-electron chi connectivity index (χ0n) is 12.7. The van der Waals surface area contributed by atoms with Gasteiger partial charge in [0.05, 0.1) is 0 Å². The highest BCUT2D eigenvalue weighted by Crippen LogP contribution is 2.17. The molecule has 0 saturated carbocycles. The number of aromatic nitrogens is 1. The lowest BCUT2D eigenvalue weighted by molar-refractivity contribution is 0.102. The number of hydrogen-bond donors (Lipinski definition) is 1. The van der Waals surface area contributed by atoms with Crippen LogP contribution in [0.2, 0.25) is 0 Å². The Morgan fingerprint density at radius 2 is 2.05 bits per heavy atom. The lowest BCUT2D eigenvalue weighted by Crippen LogP contribution is -2.18. The van der Waals surface area contributed by atoms with Gasteiger partial charge in [0.15, 0.2) is 0 Å². The van der Waals surface area contributed by atoms with Gasteiger partial charge < -0.3 is 14.7 Å². The summed E-state index contributed by atoms with van der Waals surface area (Å²) in [7, 11) is 2.06. The average Bonchev–Trinajstić information content (AvgIpc) is 2.90. The summed E-state index contributed by atoms with van der Waals surface area (Å²) < 4.78 is 4.80. The Balaban J connectivity index is 2.01. The van der Waals surface area contributed by atoms with Gasteiger partial charge in [-0.25, -0.2) is 0 Å². The fourth-order valence-corrected chi connectivity index (χ4v) is 2.00. The minimum atomic E-state index is -0.163. The number of nitrogens with one attached hydrogen (secondary N) is 1. The second-order valence-corrected chi connectivity index (χ2v) is 5.09. The lowest BCUT2D eigenvalue weighted by atomic mass is 10.1. The van der Waals surface area contributed by atoms with Gasteiger partial charge in [-0.15, -0.1) is 0 Å². The molecule has 1 aromatic heterocycles. The molecule has 0 aliphatic rings. The second-order valence-electron chi connectivity index (χ2n) is 5.09. The van der Waals surface area contributed by atoms with Crippen molar-refractivity contribution in [1.82, 2.24) is 5.16 Å². The highest BCUT2D eigenvalue weighted by atomic mass is 16.5. The molecule has 1 heterocycles. The van der Waals surface area contributed by atoms with Crippen LogP contribution in [0.15, 0.2) is 35.1 Å². The first-order chi connectivity index (χ1) is 10.1. The van der Waals surface area contributed by atoms with Crippen molar-refractivity contribution < 1.29 is 9.32 Å². The number of benzene rings is 1. The van der Waals surface area contributed by atoms with Gasteiger partial charge in [0.1, 0.15) is 17.6 Å². The number of nitrogens with zero attached hydrogens (tertiary/aromatic N) is 2. The molecule has 0 atom stereocenters. The van der Waals surface area contributed by atoms with Gasteiger partial charge in [-0.2, -0.15) is 0 Å². The topological polar surface area (TPSA) is 58.4 Å². The van der Waals surface area contributed by atoms with E-state index in [0.29, 0.717) is 16.9 Å². The Kier molecular flexibility index (Phi) is 4.98. The van der Waals surface area contributed by atoms with Crippen molar-refractivity contribution in [3.8, 4) is 0 Å². The van der Waals surface area contributed by atoms with Crippen molar-refractivity contribution in [2.24, 2.45) is 0 Å². The number of carbonyl (C=O) groups is 1. The van der Waals surface area contributed by atoms with Crippen LogP contribution in [0.1, 0.15) is 35.8 Å². The average molecular weight is 287 g/mol. The van der Waals surface area contributed by atoms with Crippen LogP contribution < -0.4 is 10.2 Å². The van der Waals surface area contributed by atoms with Crippen LogP contribution in [0.3, 0.4) is 0 Å². The maximum absolute atomic E-state index is 12.1. The van der Waals surface area contributed by atoms with Crippen molar-refractivity contribution in [3.63, 3.8) is 0 Å². The quantitative estimate of drug-likeness (QED) is 0.883. The molecule has 2 rings (SSSR count). The van der Waals surface area contributed by atoms with Gasteiger partial charge in [0, 0.05) is 24.8 Å². The molecule has 1 amide bonds. The second kappa shape index (κ2) is 6.92. The van der Waals surface area contributed by atoms with E-state index in [2.05, 4.69) is 29.3 Å². The molecule has 0 aliphatic carbocycles. The first-order valence-electron chi connectivity index (χ1n) is 7.15. The molecule has 0 unspecified atom stereocenters. The van der Waals surface area contributed by atoms with Gasteiger partial charge in [-0.05, 0) is 37.6 Å². The predicted molar refractivity (Wildman–Crippen MR) is 83.8 cm³/mol. The molecular weight excluding hydrogens is 266 g/mol. The Bertz CT molecular complexity index is 590. The number of anilines is 2. The molecule has 0 bridgehead atoms. The summed E-state index contributed by atoms with van der Waals surface area (Å²) in [6, 6.07) is 7.59. The fraction of sp³-hybridized carbons (Fsp3) is 0.375. The van der Waals surface area contributed by atoms with Crippen LogP contribution in [0.25, 0.3) is 0 Å². The molecule has 5 heteroatoms. The van der Waals surface area contributed by atoms with Gasteiger partial charge in [0.2, 0.25) is 0 Å². The standard InChI is InChI=1S/C16H21N3O2/c1-4-5-10-19(3)14-8-6-13(7-9-14)16(20)17-15-11-21-18-12(15)2/h6-9,11H,4-5,10H2,1-3H3,(H,17,20). The molecule has 21 heavy (non-hydrogen) atoms. The van der Waals surface area contributed by atoms with Crippen LogP contribution in [0.4, 0.5) is 11.4 Å². The number of carbonyl (C=O) groups excluding carboxylic acids is 1. The van der Waals surface area contributed by atoms with Crippen molar-refractivity contribution >= 4 is 17.3 Å². The molecule has 112 valence electrons. The molecule has 1 N–H and O–H groups in total. The predicted octanol–water partition coefficient (Wildman–Crippen LogP) is 3.47. The zero-order valence-corrected chi connectivity index (χ0v) is 12.7. The van der Waals surface area contributed by atoms with E-state index < -0.39 is 0 Å². The fourth-order valence-electron chi connectivity index (χ4n) is 2.00. The molecule has 0 spiro atoms. The minimum absolute atomic E-state index is 0.163. The smallest absolute Gasteiger partial charge is 0.255 e. The minimum Gasteiger partial charge on any atom is -0.375 e. The molecule has 1 aromatic carbocycles. The van der Waals surface area contributed by atoms with Crippen LogP contribution in [0, 0.1) is 6.92 Å². The molecule has 0 aliphatic heterocycles. The Hall–Kier alpha value is -2.30. The summed E-state index contributed by atoms with van der Waals surface area (Å²) >= 11 is 0. The third kappa shape index (κ3) is 3.84. The molecule has 0 saturated heterocycles. The Labute approximate surface area is 124 Å². The van der Waals surface area contributed by atoms with E-state index in [-0.39, 0.29) is 5.91 Å². The van der Waals surface area contributed by atoms with Gasteiger partial charge in [-0.3, -0.25) is 4.79 Å². The van der Waals surface area contributed by atoms with E-state index in [1.165, 1.54) is 12.7 Å². The number of amides is 1. The van der Waals surface area contributed by atoms with Crippen molar-refractivity contribution in [2.45, 2.75) is 26.7 Å². The van der Waals surface area contributed by atoms with Gasteiger partial charge >= 0.3 is 0 Å². The van der Waals surface area contributed by atoms with Crippen LogP contribution in [-0.4, -0.2) is 24.7 Å². The van der Waals surface area contributed by atoms with Crippen LogP contribution >= 0.6 is 0 Å². The van der Waals surface area contributed by atoms with E-state index in [9.17, 15) is 4.79 Å². The monoisotopic (exact) mass is 287 g/mol. The van der Waals surface area contributed by atoms with Gasteiger partial charge in [-0.1, -0.05) is 18.5 Å². The summed E-state index contributed by atoms with van der Waals surface area (Å²) in [5.74, 6) is -0.163. The molecule has 5 nitrogen and oxygen atoms in total. The van der Waals surface area contributed by atoms with E-state index in [1.54, 1.807) is 6.92 Å². The van der Waals surface area contributed by atoms with Crippen LogP contribution in [-0.2, 0) is 0 Å². The van der Waals surface area contributed by atoms with E-state index >= 15 is 0 Å². The SMILES string of the molecule is CCCCN(C)c1ccc(C(=O)Nc2conc2C)cc1. The highest BCUT2D eigenvalue weighted by Gasteiger charge is 2.10. The zero-order chi connectivity index (χ0) is 15.2. The summed E-state index contributed by atoms with van der Waals surface area (Å²) in [5, 5.41) is 6.51. The normalized spacial score (nSPS) is 10.4. The Morgan fingerprint density at radius 3 is 2.62 bits per heavy atom. The number of rotatable bonds is 6. The first kappa shape index (κ1) is 15.1. The number of unbranched alkanes of at least 4 members (excludes halogenated alkanes) is 1. The largest absolute Gasteiger partial charge is 0.375 e. The summed E-state index contributed by atoms with van der Waals surface area (Å²) in [4.78, 5) is 14.3. The summed E-state index contributed by atoms with van der Waals surface area (Å²) in [5.41, 5.74) is 2.99. The Morgan fingerprint density at radius 1 is 1.33 bits per heavy atom. The molecule has 0 radical (unpaired) electrons. The van der Waals surface area contributed by atoms with Gasteiger partial charge in [0.25, 0.3) is 5.91 Å². The van der Waals surface area contributed by atoms with Crippen molar-refractivity contribution in [2.75, 3.05) is 23.8 Å². The molecule has 2 aromatic rings. The molecular formula is C16H21N3O2. The van der Waals surface area contributed by atoms with Crippen molar-refractivity contribution in [3.05, 3.63) is 41.8 Å². The van der Waals surface area contributed by atoms with E-state index in [4.69, 9.17) is 4.52 Å². The van der Waals surface area contributed by atoms with E-state index in [0.717, 1.165) is 18.7 Å². The number of hydrogen-bond acceptors (Lipinski definition) is 4. The third-order valence-electron chi connectivity index (χ3n) is 3.42. The molecule has 0 fully saturated rings. The third-order valence-corrected chi connectivity index (χ3v) is 3.42. The van der Waals surface area contributed by atoms with E-state index in [1.807, 2.05) is 24.3 Å². The number of aryl methyl sites for hydroxylation is 1. The summed E-state index contributed by atoms with van der Waals surface area (Å²) in [6.45, 7) is 4.97. The van der Waals surface area contributed by atoms with Crippen molar-refractivity contribution in [1.29, 1.82) is 0 Å². The first-order valence-corrected chi connectivity index (χ1v) is 7.15. The summed E-state index contributed by atoms with van der Waals surface area (Å²) in [6.07, 6.45) is 3.76. The highest BCUT2D eigenvalue weighted by molar-refractivity contribution is 6.04. The maximum atomic E-state index is 12.1. The van der Waals surface area contributed by atoms with Crippen LogP contribution in [0.5, 0.6) is 0 Å². The maximum Gasteiger partial charge on any atom is 0.255 e.